The molecule has 0 fully saturated rings. The van der Waals surface area contributed by atoms with Crippen molar-refractivity contribution < 1.29 is 14.3 Å². The van der Waals surface area contributed by atoms with Crippen molar-refractivity contribution in [3.05, 3.63) is 106 Å². The number of nitrogens with one attached hydrogen (secondary N) is 2. The monoisotopic (exact) mass is 616 g/mol. The van der Waals surface area contributed by atoms with Crippen molar-refractivity contribution in [2.45, 2.75) is 37.7 Å². The van der Waals surface area contributed by atoms with E-state index in [9.17, 15) is 9.59 Å². The fourth-order valence-electron chi connectivity index (χ4n) is 4.83. The third-order valence-electron chi connectivity index (χ3n) is 7.10. The first-order valence-electron chi connectivity index (χ1n) is 14.0. The van der Waals surface area contributed by atoms with Gasteiger partial charge in [-0.05, 0) is 62.2 Å². The Labute approximate surface area is 260 Å². The largest absolute Gasteiger partial charge is 0.484 e. The van der Waals surface area contributed by atoms with Crippen LogP contribution in [0.5, 0.6) is 5.75 Å². The SMILES string of the molecule is CCN(CC)C(=O)COc1ccc(C2C(C(=O)Nc3ccccc3)=C(C)Nc3nc(SCc4ccccc4Cl)nn32)cc1. The van der Waals surface area contributed by atoms with Crippen LogP contribution in [0.15, 0.2) is 95.3 Å². The summed E-state index contributed by atoms with van der Waals surface area (Å²) in [5.74, 6) is 1.37. The molecule has 2 N–H and O–H groups in total. The van der Waals surface area contributed by atoms with Crippen LogP contribution in [0.2, 0.25) is 5.02 Å². The van der Waals surface area contributed by atoms with Gasteiger partial charge in [0.05, 0.1) is 5.57 Å². The number of rotatable bonds is 11. The van der Waals surface area contributed by atoms with Gasteiger partial charge >= 0.3 is 0 Å². The Kier molecular flexibility index (Phi) is 9.68. The maximum atomic E-state index is 13.7. The van der Waals surface area contributed by atoms with E-state index in [-0.39, 0.29) is 18.4 Å². The molecule has 11 heteroatoms. The second-order valence-corrected chi connectivity index (χ2v) is 11.2. The van der Waals surface area contributed by atoms with Crippen molar-refractivity contribution in [2.75, 3.05) is 30.3 Å². The molecule has 43 heavy (non-hydrogen) atoms. The Balaban J connectivity index is 1.43. The molecular weight excluding hydrogens is 584 g/mol. The highest BCUT2D eigenvalue weighted by atomic mass is 35.5. The molecule has 0 bridgehead atoms. The van der Waals surface area contributed by atoms with Crippen molar-refractivity contribution in [1.82, 2.24) is 19.7 Å². The fourth-order valence-corrected chi connectivity index (χ4v) is 5.95. The Morgan fingerprint density at radius 2 is 1.72 bits per heavy atom. The molecule has 0 aliphatic carbocycles. The van der Waals surface area contributed by atoms with Crippen LogP contribution in [0.25, 0.3) is 0 Å². The number of allylic oxidation sites excluding steroid dienone is 1. The van der Waals surface area contributed by atoms with Gasteiger partial charge in [0, 0.05) is 35.2 Å². The lowest BCUT2D eigenvalue weighted by Gasteiger charge is -2.28. The first kappa shape index (κ1) is 30.2. The smallest absolute Gasteiger partial charge is 0.260 e. The van der Waals surface area contributed by atoms with E-state index in [1.54, 1.807) is 21.7 Å². The summed E-state index contributed by atoms with van der Waals surface area (Å²) in [6.07, 6.45) is 0. The molecule has 3 aromatic carbocycles. The zero-order valence-electron chi connectivity index (χ0n) is 24.2. The van der Waals surface area contributed by atoms with E-state index in [1.165, 1.54) is 11.8 Å². The number of fused-ring (bicyclic) bond motifs is 1. The number of aromatic nitrogens is 3. The quantitative estimate of drug-likeness (QED) is 0.188. The molecule has 0 radical (unpaired) electrons. The molecule has 5 rings (SSSR count). The van der Waals surface area contributed by atoms with Crippen LogP contribution < -0.4 is 15.4 Å². The molecule has 2 amide bonds. The number of halogens is 1. The van der Waals surface area contributed by atoms with E-state index in [1.807, 2.05) is 87.5 Å². The minimum absolute atomic E-state index is 0.0443. The number of carbonyl (C=O) groups excluding carboxylic acids is 2. The van der Waals surface area contributed by atoms with Crippen molar-refractivity contribution in [2.24, 2.45) is 0 Å². The van der Waals surface area contributed by atoms with Gasteiger partial charge in [0.25, 0.3) is 11.8 Å². The molecular formula is C32H33ClN6O3S. The zero-order valence-corrected chi connectivity index (χ0v) is 25.8. The van der Waals surface area contributed by atoms with Crippen molar-refractivity contribution in [3.63, 3.8) is 0 Å². The van der Waals surface area contributed by atoms with Crippen LogP contribution in [0.1, 0.15) is 37.9 Å². The summed E-state index contributed by atoms with van der Waals surface area (Å²) < 4.78 is 7.52. The average Bonchev–Trinajstić information content (AvgIpc) is 3.42. The van der Waals surface area contributed by atoms with Crippen molar-refractivity contribution in [1.29, 1.82) is 0 Å². The van der Waals surface area contributed by atoms with Crippen LogP contribution in [0.3, 0.4) is 0 Å². The standard InChI is InChI=1S/C32H33ClN6O3S/c1-4-38(5-2)27(40)19-42-25-17-15-22(16-18-25)29-28(30(41)35-24-12-7-6-8-13-24)21(3)34-31-36-32(37-39(29)31)43-20-23-11-9-10-14-26(23)33/h6-18,29H,4-5,19-20H2,1-3H3,(H,35,41)(H,34,36,37). The number of nitrogens with zero attached hydrogens (tertiary/aromatic N) is 4. The predicted octanol–water partition coefficient (Wildman–Crippen LogP) is 6.40. The van der Waals surface area contributed by atoms with Gasteiger partial charge in [-0.15, -0.1) is 5.10 Å². The topological polar surface area (TPSA) is 101 Å². The molecule has 1 atom stereocenters. The van der Waals surface area contributed by atoms with Gasteiger partial charge in [-0.2, -0.15) is 4.98 Å². The van der Waals surface area contributed by atoms with Gasteiger partial charge in [-0.25, -0.2) is 4.68 Å². The molecule has 222 valence electrons. The van der Waals surface area contributed by atoms with Crippen LogP contribution in [0, 0.1) is 0 Å². The van der Waals surface area contributed by atoms with Crippen LogP contribution in [-0.2, 0) is 15.3 Å². The number of anilines is 2. The molecule has 1 aliphatic heterocycles. The number of benzene rings is 3. The lowest BCUT2D eigenvalue weighted by atomic mass is 9.95. The lowest BCUT2D eigenvalue weighted by Crippen LogP contribution is -2.34. The first-order valence-corrected chi connectivity index (χ1v) is 15.4. The van der Waals surface area contributed by atoms with Crippen molar-refractivity contribution in [3.8, 4) is 5.75 Å². The number of hydrogen-bond acceptors (Lipinski definition) is 7. The first-order chi connectivity index (χ1) is 20.9. The minimum atomic E-state index is -0.562. The maximum Gasteiger partial charge on any atom is 0.260 e. The highest BCUT2D eigenvalue weighted by Crippen LogP contribution is 2.38. The molecule has 0 saturated heterocycles. The van der Waals surface area contributed by atoms with E-state index in [4.69, 9.17) is 26.4 Å². The summed E-state index contributed by atoms with van der Waals surface area (Å²) in [6.45, 7) is 6.96. The highest BCUT2D eigenvalue weighted by molar-refractivity contribution is 7.98. The van der Waals surface area contributed by atoms with Gasteiger partial charge in [0.15, 0.2) is 6.61 Å². The number of ether oxygens (including phenoxy) is 1. The summed E-state index contributed by atoms with van der Waals surface area (Å²) in [5, 5.41) is 12.3. The van der Waals surface area contributed by atoms with Gasteiger partial charge in [-0.3, -0.25) is 9.59 Å². The van der Waals surface area contributed by atoms with E-state index >= 15 is 0 Å². The molecule has 0 saturated carbocycles. The maximum absolute atomic E-state index is 13.7. The van der Waals surface area contributed by atoms with Gasteiger partial charge in [0.2, 0.25) is 11.1 Å². The fraction of sp³-hybridized carbons (Fsp3) is 0.250. The minimum Gasteiger partial charge on any atom is -0.484 e. The second-order valence-electron chi connectivity index (χ2n) is 9.85. The predicted molar refractivity (Wildman–Crippen MR) is 170 cm³/mol. The molecule has 0 spiro atoms. The Morgan fingerprint density at radius 3 is 2.42 bits per heavy atom. The van der Waals surface area contributed by atoms with Gasteiger partial charge < -0.3 is 20.3 Å². The van der Waals surface area contributed by atoms with E-state index < -0.39 is 6.04 Å². The Hall–Kier alpha value is -4.28. The Bertz CT molecular complexity index is 1620. The van der Waals surface area contributed by atoms with E-state index in [2.05, 4.69) is 10.6 Å². The number of thioether (sulfide) groups is 1. The molecule has 4 aromatic rings. The normalized spacial score (nSPS) is 14.1. The summed E-state index contributed by atoms with van der Waals surface area (Å²) in [6, 6.07) is 23.8. The molecule has 1 aliphatic rings. The number of carbonyl (C=O) groups is 2. The third kappa shape index (κ3) is 7.03. The van der Waals surface area contributed by atoms with Crippen LogP contribution in [0.4, 0.5) is 11.6 Å². The average molecular weight is 617 g/mol. The zero-order chi connectivity index (χ0) is 30.3. The Morgan fingerprint density at radius 1 is 1.02 bits per heavy atom. The van der Waals surface area contributed by atoms with Crippen molar-refractivity contribution >= 4 is 46.8 Å². The number of hydrogen-bond donors (Lipinski definition) is 2. The lowest BCUT2D eigenvalue weighted by molar-refractivity contribution is -0.133. The molecule has 1 unspecified atom stereocenters. The van der Waals surface area contributed by atoms with Gasteiger partial charge in [-0.1, -0.05) is 71.9 Å². The van der Waals surface area contributed by atoms with E-state index in [0.717, 1.165) is 11.1 Å². The highest BCUT2D eigenvalue weighted by Gasteiger charge is 2.34. The molecule has 9 nitrogen and oxygen atoms in total. The number of amides is 2. The third-order valence-corrected chi connectivity index (χ3v) is 8.35. The summed E-state index contributed by atoms with van der Waals surface area (Å²) in [4.78, 5) is 32.6. The molecule has 1 aromatic heterocycles. The molecule has 2 heterocycles. The number of para-hydroxylation sites is 1. The van der Waals surface area contributed by atoms with Crippen LogP contribution in [-0.4, -0.2) is 51.2 Å². The number of likely N-dealkylation sites (N-methyl/N-ethyl adjacent to an activating group) is 1. The second kappa shape index (κ2) is 13.8. The van der Waals surface area contributed by atoms with E-state index in [0.29, 0.717) is 57.7 Å². The summed E-state index contributed by atoms with van der Waals surface area (Å²) >= 11 is 7.83. The summed E-state index contributed by atoms with van der Waals surface area (Å²) in [5.41, 5.74) is 3.67. The summed E-state index contributed by atoms with van der Waals surface area (Å²) in [7, 11) is 0. The van der Waals surface area contributed by atoms with Gasteiger partial charge in [0.1, 0.15) is 11.8 Å². The van der Waals surface area contributed by atoms with Crippen LogP contribution >= 0.6 is 23.4 Å².